The Morgan fingerprint density at radius 1 is 1.37 bits per heavy atom. The van der Waals surface area contributed by atoms with Crippen molar-refractivity contribution in [2.45, 2.75) is 25.9 Å². The highest BCUT2D eigenvalue weighted by atomic mass is 16.5. The number of aryl methyl sites for hydroxylation is 2. The third-order valence-electron chi connectivity index (χ3n) is 4.85. The summed E-state index contributed by atoms with van der Waals surface area (Å²) in [6.07, 6.45) is 4.42. The van der Waals surface area contributed by atoms with Gasteiger partial charge >= 0.3 is 0 Å². The molecule has 0 bridgehead atoms. The predicted octanol–water partition coefficient (Wildman–Crippen LogP) is 3.92. The molecule has 0 saturated carbocycles. The molecule has 0 amide bonds. The van der Waals surface area contributed by atoms with E-state index < -0.39 is 0 Å². The van der Waals surface area contributed by atoms with E-state index in [1.54, 1.807) is 12.1 Å². The monoisotopic (exact) mass is 358 g/mol. The first-order valence-corrected chi connectivity index (χ1v) is 8.64. The van der Waals surface area contributed by atoms with Gasteiger partial charge < -0.3 is 14.9 Å². The van der Waals surface area contributed by atoms with Gasteiger partial charge in [0, 0.05) is 11.3 Å². The van der Waals surface area contributed by atoms with E-state index in [9.17, 15) is 0 Å². The molecule has 0 saturated heterocycles. The van der Waals surface area contributed by atoms with E-state index >= 15 is 0 Å². The number of nitrogens with two attached hydrogens (primary N) is 1. The first-order chi connectivity index (χ1) is 13.1. The van der Waals surface area contributed by atoms with Gasteiger partial charge in [-0.15, -0.1) is 0 Å². The van der Waals surface area contributed by atoms with Crippen molar-refractivity contribution in [3.63, 3.8) is 0 Å². The number of rotatable bonds is 4. The quantitative estimate of drug-likeness (QED) is 0.543. The molecule has 1 aliphatic rings. The van der Waals surface area contributed by atoms with Crippen molar-refractivity contribution < 1.29 is 9.15 Å². The van der Waals surface area contributed by atoms with Crippen LogP contribution in [0.3, 0.4) is 0 Å². The van der Waals surface area contributed by atoms with Crippen LogP contribution in [0.15, 0.2) is 47.3 Å². The number of hydrogen-bond donors (Lipinski definition) is 2. The number of nitrogens with zero attached hydrogens (tertiary/aromatic N) is 2. The van der Waals surface area contributed by atoms with E-state index in [2.05, 4.69) is 11.1 Å². The molecule has 0 fully saturated rings. The summed E-state index contributed by atoms with van der Waals surface area (Å²) in [5, 5.41) is 17.5. The average Bonchev–Trinajstić information content (AvgIpc) is 3.33. The van der Waals surface area contributed by atoms with Crippen molar-refractivity contribution in [3.8, 4) is 11.8 Å². The van der Waals surface area contributed by atoms with E-state index in [4.69, 9.17) is 25.6 Å². The first kappa shape index (κ1) is 16.9. The maximum absolute atomic E-state index is 9.16. The lowest BCUT2D eigenvalue weighted by atomic mass is 10.00. The van der Waals surface area contributed by atoms with Crippen molar-refractivity contribution in [2.75, 3.05) is 5.73 Å². The number of nitrogen functional groups attached to an aromatic ring is 1. The zero-order valence-electron chi connectivity index (χ0n) is 14.8. The summed E-state index contributed by atoms with van der Waals surface area (Å²) in [6, 6.07) is 11.4. The van der Waals surface area contributed by atoms with Gasteiger partial charge in [-0.25, -0.2) is 4.98 Å². The summed E-state index contributed by atoms with van der Waals surface area (Å²) >= 11 is 0. The second kappa shape index (κ2) is 6.61. The standard InChI is InChI=1S/C21H18N4O2/c1-12-6-13(9-22)7-14-2-5-18(20(12)14)27-15-3-4-17(23)16(8-15)21(24)19-10-25-11-26-19/h3-4,6-8,10-11,18,24H,2,5,23H2,1H3. The van der Waals surface area contributed by atoms with Crippen LogP contribution >= 0.6 is 0 Å². The fraction of sp³-hybridized carbons (Fsp3) is 0.190. The van der Waals surface area contributed by atoms with E-state index in [1.807, 2.05) is 25.1 Å². The summed E-state index contributed by atoms with van der Waals surface area (Å²) in [7, 11) is 0. The van der Waals surface area contributed by atoms with Gasteiger partial charge in [-0.3, -0.25) is 5.41 Å². The number of aromatic nitrogens is 1. The molecule has 0 spiro atoms. The number of benzene rings is 2. The Balaban J connectivity index is 1.63. The Hall–Kier alpha value is -3.59. The van der Waals surface area contributed by atoms with Crippen molar-refractivity contribution in [3.05, 3.63) is 76.5 Å². The number of nitriles is 1. The van der Waals surface area contributed by atoms with Crippen molar-refractivity contribution in [1.29, 1.82) is 10.7 Å². The summed E-state index contributed by atoms with van der Waals surface area (Å²) in [4.78, 5) is 3.85. The normalized spacial score (nSPS) is 15.2. The Labute approximate surface area is 156 Å². The van der Waals surface area contributed by atoms with Crippen LogP contribution in [-0.2, 0) is 6.42 Å². The van der Waals surface area contributed by atoms with Crippen LogP contribution in [0.1, 0.15) is 46.1 Å². The lowest BCUT2D eigenvalue weighted by Gasteiger charge is -2.18. The summed E-state index contributed by atoms with van der Waals surface area (Å²) < 4.78 is 11.4. The van der Waals surface area contributed by atoms with Gasteiger partial charge in [-0.1, -0.05) is 0 Å². The highest BCUT2D eigenvalue weighted by Crippen LogP contribution is 2.38. The van der Waals surface area contributed by atoms with Gasteiger partial charge in [0.25, 0.3) is 0 Å². The zero-order valence-corrected chi connectivity index (χ0v) is 14.8. The van der Waals surface area contributed by atoms with Crippen molar-refractivity contribution in [2.24, 2.45) is 0 Å². The number of oxazole rings is 1. The maximum Gasteiger partial charge on any atom is 0.181 e. The molecule has 1 aliphatic carbocycles. The highest BCUT2D eigenvalue weighted by molar-refractivity contribution is 6.12. The molecular weight excluding hydrogens is 340 g/mol. The van der Waals surface area contributed by atoms with E-state index in [1.165, 1.54) is 18.2 Å². The van der Waals surface area contributed by atoms with E-state index in [0.29, 0.717) is 28.3 Å². The smallest absolute Gasteiger partial charge is 0.181 e. The molecule has 3 N–H and O–H groups in total. The molecule has 6 nitrogen and oxygen atoms in total. The number of nitrogens with one attached hydrogen (secondary N) is 1. The molecule has 0 radical (unpaired) electrons. The third kappa shape index (κ3) is 3.04. The summed E-state index contributed by atoms with van der Waals surface area (Å²) in [5.74, 6) is 0.995. The lowest BCUT2D eigenvalue weighted by molar-refractivity contribution is 0.207. The van der Waals surface area contributed by atoms with Gasteiger partial charge in [0.05, 0.1) is 17.8 Å². The van der Waals surface area contributed by atoms with Crippen LogP contribution < -0.4 is 10.5 Å². The second-order valence-corrected chi connectivity index (χ2v) is 6.61. The highest BCUT2D eigenvalue weighted by Gasteiger charge is 2.27. The van der Waals surface area contributed by atoms with E-state index in [-0.39, 0.29) is 11.8 Å². The molecule has 27 heavy (non-hydrogen) atoms. The number of ether oxygens (including phenoxy) is 1. The van der Waals surface area contributed by atoms with Crippen molar-refractivity contribution in [1.82, 2.24) is 4.98 Å². The molecule has 6 heteroatoms. The first-order valence-electron chi connectivity index (χ1n) is 8.64. The number of anilines is 1. The maximum atomic E-state index is 9.16. The average molecular weight is 358 g/mol. The Morgan fingerprint density at radius 2 is 2.22 bits per heavy atom. The molecule has 1 heterocycles. The molecule has 1 atom stereocenters. The van der Waals surface area contributed by atoms with Gasteiger partial charge in [-0.2, -0.15) is 5.26 Å². The molecule has 0 aliphatic heterocycles. The molecule has 2 aromatic carbocycles. The zero-order chi connectivity index (χ0) is 19.0. The van der Waals surface area contributed by atoms with Gasteiger partial charge in [0.15, 0.2) is 12.2 Å². The molecular formula is C21H18N4O2. The molecule has 3 aromatic rings. The number of fused-ring (bicyclic) bond motifs is 1. The van der Waals surface area contributed by atoms with Crippen LogP contribution in [0.25, 0.3) is 0 Å². The summed E-state index contributed by atoms with van der Waals surface area (Å²) in [6.45, 7) is 2.01. The molecule has 134 valence electrons. The minimum absolute atomic E-state index is 0.0799. The van der Waals surface area contributed by atoms with Crippen LogP contribution in [0, 0.1) is 23.7 Å². The SMILES string of the molecule is Cc1cc(C#N)cc2c1C(Oc1ccc(N)c(C(=N)c3cnco3)c1)CC2. The van der Waals surface area contributed by atoms with Gasteiger partial charge in [0.1, 0.15) is 17.6 Å². The van der Waals surface area contributed by atoms with E-state index in [0.717, 1.165) is 24.0 Å². The van der Waals surface area contributed by atoms with Crippen LogP contribution in [0.4, 0.5) is 5.69 Å². The lowest BCUT2D eigenvalue weighted by Crippen LogP contribution is -2.08. The minimum atomic E-state index is -0.0799. The second-order valence-electron chi connectivity index (χ2n) is 6.61. The number of hydrogen-bond acceptors (Lipinski definition) is 6. The predicted molar refractivity (Wildman–Crippen MR) is 101 cm³/mol. The molecule has 1 unspecified atom stereocenters. The Bertz CT molecular complexity index is 1060. The Morgan fingerprint density at radius 3 is 2.96 bits per heavy atom. The van der Waals surface area contributed by atoms with Gasteiger partial charge in [-0.05, 0) is 66.8 Å². The van der Waals surface area contributed by atoms with Gasteiger partial charge in [0.2, 0.25) is 0 Å². The van der Waals surface area contributed by atoms with Crippen LogP contribution in [0.5, 0.6) is 5.75 Å². The fourth-order valence-electron chi connectivity index (χ4n) is 3.61. The molecule has 1 aromatic heterocycles. The van der Waals surface area contributed by atoms with Crippen LogP contribution in [0.2, 0.25) is 0 Å². The topological polar surface area (TPSA) is 109 Å². The summed E-state index contributed by atoms with van der Waals surface area (Å²) in [5.41, 5.74) is 11.3. The third-order valence-corrected chi connectivity index (χ3v) is 4.85. The van der Waals surface area contributed by atoms with Crippen LogP contribution in [-0.4, -0.2) is 10.7 Å². The Kier molecular flexibility index (Phi) is 4.13. The largest absolute Gasteiger partial charge is 0.486 e. The molecule has 4 rings (SSSR count). The minimum Gasteiger partial charge on any atom is -0.486 e. The van der Waals surface area contributed by atoms with Crippen molar-refractivity contribution >= 4 is 11.4 Å². The fourth-order valence-corrected chi connectivity index (χ4v) is 3.61.